The van der Waals surface area contributed by atoms with Gasteiger partial charge in [0.05, 0.1) is 15.2 Å². The Balaban J connectivity index is 1.40. The van der Waals surface area contributed by atoms with Crippen LogP contribution in [0.4, 0.5) is 4.79 Å². The number of thiazole rings is 1. The molecule has 3 rings (SSSR count). The minimum absolute atomic E-state index is 0.0388. The minimum atomic E-state index is -0.0423. The summed E-state index contributed by atoms with van der Waals surface area (Å²) in [6, 6.07) is 8.16. The standard InChI is InChI=1S/C18H24N4O2S/c1-13(23)20-14-6-5-11-22(12-14)18(24)19-10-4-9-17-21-15-7-2-3-8-16(15)25-17/h2-3,7-8,14H,4-6,9-12H2,1H3,(H,19,24)(H,20,23). The molecule has 7 heteroatoms. The number of piperidine rings is 1. The van der Waals surface area contributed by atoms with Crippen molar-refractivity contribution in [2.45, 2.75) is 38.6 Å². The number of likely N-dealkylation sites (tertiary alicyclic amines) is 1. The smallest absolute Gasteiger partial charge is 0.317 e. The van der Waals surface area contributed by atoms with Gasteiger partial charge in [0.15, 0.2) is 0 Å². The molecule has 1 unspecified atom stereocenters. The van der Waals surface area contributed by atoms with Crippen LogP contribution in [0.1, 0.15) is 31.2 Å². The number of benzene rings is 1. The molecule has 1 aliphatic rings. The summed E-state index contributed by atoms with van der Waals surface area (Å²) in [6.07, 6.45) is 3.59. The van der Waals surface area contributed by atoms with Crippen LogP contribution in [0.15, 0.2) is 24.3 Å². The largest absolute Gasteiger partial charge is 0.352 e. The first-order chi connectivity index (χ1) is 12.1. The SMILES string of the molecule is CC(=O)NC1CCCN(C(=O)NCCCc2nc3ccccc3s2)C1. The Morgan fingerprint density at radius 1 is 1.36 bits per heavy atom. The number of urea groups is 1. The molecule has 2 N–H and O–H groups in total. The highest BCUT2D eigenvalue weighted by Gasteiger charge is 2.23. The molecule has 1 aromatic heterocycles. The Morgan fingerprint density at radius 2 is 2.20 bits per heavy atom. The number of aromatic nitrogens is 1. The van der Waals surface area contributed by atoms with Crippen molar-refractivity contribution in [3.05, 3.63) is 29.3 Å². The average Bonchev–Trinajstić information content (AvgIpc) is 3.01. The number of carbonyl (C=O) groups excluding carboxylic acids is 2. The molecule has 6 nitrogen and oxygen atoms in total. The van der Waals surface area contributed by atoms with Crippen LogP contribution in [-0.4, -0.2) is 47.5 Å². The molecule has 1 saturated heterocycles. The van der Waals surface area contributed by atoms with Gasteiger partial charge in [0, 0.05) is 39.0 Å². The second-order valence-electron chi connectivity index (χ2n) is 6.40. The zero-order valence-electron chi connectivity index (χ0n) is 14.5. The zero-order valence-corrected chi connectivity index (χ0v) is 15.3. The fourth-order valence-corrected chi connectivity index (χ4v) is 4.15. The third-order valence-electron chi connectivity index (χ3n) is 4.30. The predicted octanol–water partition coefficient (Wildman–Crippen LogP) is 2.54. The lowest BCUT2D eigenvalue weighted by molar-refractivity contribution is -0.119. The van der Waals surface area contributed by atoms with Crippen molar-refractivity contribution in [3.8, 4) is 0 Å². The Kier molecular flexibility index (Phi) is 5.86. The molecule has 1 atom stereocenters. The topological polar surface area (TPSA) is 74.3 Å². The first-order valence-corrected chi connectivity index (χ1v) is 9.58. The summed E-state index contributed by atoms with van der Waals surface area (Å²) >= 11 is 1.72. The summed E-state index contributed by atoms with van der Waals surface area (Å²) in [5.74, 6) is -0.0388. The van der Waals surface area contributed by atoms with Gasteiger partial charge in [0.25, 0.3) is 0 Å². The number of fused-ring (bicyclic) bond motifs is 1. The van der Waals surface area contributed by atoms with E-state index in [-0.39, 0.29) is 18.0 Å². The Morgan fingerprint density at radius 3 is 3.00 bits per heavy atom. The van der Waals surface area contributed by atoms with Crippen LogP contribution in [0.25, 0.3) is 10.2 Å². The highest BCUT2D eigenvalue weighted by atomic mass is 32.1. The lowest BCUT2D eigenvalue weighted by Crippen LogP contribution is -2.52. The minimum Gasteiger partial charge on any atom is -0.352 e. The van der Waals surface area contributed by atoms with Gasteiger partial charge in [-0.15, -0.1) is 11.3 Å². The van der Waals surface area contributed by atoms with Crippen molar-refractivity contribution in [2.75, 3.05) is 19.6 Å². The van der Waals surface area contributed by atoms with E-state index in [0.29, 0.717) is 13.1 Å². The van der Waals surface area contributed by atoms with E-state index >= 15 is 0 Å². The normalized spacial score (nSPS) is 17.5. The number of hydrogen-bond acceptors (Lipinski definition) is 4. The van der Waals surface area contributed by atoms with E-state index in [0.717, 1.165) is 42.8 Å². The lowest BCUT2D eigenvalue weighted by Gasteiger charge is -2.33. The first-order valence-electron chi connectivity index (χ1n) is 8.76. The fourth-order valence-electron chi connectivity index (χ4n) is 3.14. The number of amides is 3. The Labute approximate surface area is 151 Å². The van der Waals surface area contributed by atoms with Gasteiger partial charge >= 0.3 is 6.03 Å². The molecule has 1 aliphatic heterocycles. The summed E-state index contributed by atoms with van der Waals surface area (Å²) in [7, 11) is 0. The van der Waals surface area contributed by atoms with E-state index in [4.69, 9.17) is 0 Å². The van der Waals surface area contributed by atoms with Gasteiger partial charge in [-0.05, 0) is 31.4 Å². The number of aryl methyl sites for hydroxylation is 1. The van der Waals surface area contributed by atoms with Crippen molar-refractivity contribution in [1.29, 1.82) is 0 Å². The number of hydrogen-bond donors (Lipinski definition) is 2. The number of rotatable bonds is 5. The first kappa shape index (κ1) is 17.7. The molecular formula is C18H24N4O2S. The molecule has 2 heterocycles. The summed E-state index contributed by atoms with van der Waals surface area (Å²) < 4.78 is 1.21. The van der Waals surface area contributed by atoms with Crippen molar-refractivity contribution in [2.24, 2.45) is 0 Å². The molecule has 0 aliphatic carbocycles. The van der Waals surface area contributed by atoms with Crippen LogP contribution in [0.3, 0.4) is 0 Å². The second-order valence-corrected chi connectivity index (χ2v) is 7.51. The van der Waals surface area contributed by atoms with Crippen LogP contribution in [-0.2, 0) is 11.2 Å². The van der Waals surface area contributed by atoms with E-state index in [1.165, 1.54) is 11.6 Å². The predicted molar refractivity (Wildman–Crippen MR) is 99.8 cm³/mol. The molecular weight excluding hydrogens is 336 g/mol. The molecule has 0 spiro atoms. The maximum atomic E-state index is 12.3. The van der Waals surface area contributed by atoms with Gasteiger partial charge in [0.2, 0.25) is 5.91 Å². The Bertz CT molecular complexity index is 713. The summed E-state index contributed by atoms with van der Waals surface area (Å²) in [5.41, 5.74) is 1.05. The van der Waals surface area contributed by atoms with Gasteiger partial charge in [-0.1, -0.05) is 12.1 Å². The summed E-state index contributed by atoms with van der Waals surface area (Å²) in [4.78, 5) is 29.8. The molecule has 25 heavy (non-hydrogen) atoms. The maximum Gasteiger partial charge on any atom is 0.317 e. The van der Waals surface area contributed by atoms with E-state index in [1.54, 1.807) is 16.2 Å². The van der Waals surface area contributed by atoms with Gasteiger partial charge in [-0.3, -0.25) is 4.79 Å². The van der Waals surface area contributed by atoms with Gasteiger partial charge in [-0.2, -0.15) is 0 Å². The third-order valence-corrected chi connectivity index (χ3v) is 5.39. The van der Waals surface area contributed by atoms with Crippen molar-refractivity contribution in [1.82, 2.24) is 20.5 Å². The van der Waals surface area contributed by atoms with Crippen LogP contribution >= 0.6 is 11.3 Å². The van der Waals surface area contributed by atoms with E-state index in [9.17, 15) is 9.59 Å². The fraction of sp³-hybridized carbons (Fsp3) is 0.500. The highest BCUT2D eigenvalue weighted by molar-refractivity contribution is 7.18. The van der Waals surface area contributed by atoms with Crippen LogP contribution in [0.5, 0.6) is 0 Å². The molecule has 0 bridgehead atoms. The molecule has 134 valence electrons. The maximum absolute atomic E-state index is 12.3. The summed E-state index contributed by atoms with van der Waals surface area (Å²) in [6.45, 7) is 3.49. The van der Waals surface area contributed by atoms with Gasteiger partial charge in [-0.25, -0.2) is 9.78 Å². The number of carbonyl (C=O) groups is 2. The molecule has 1 fully saturated rings. The zero-order chi connectivity index (χ0) is 17.6. The number of nitrogens with zero attached hydrogens (tertiary/aromatic N) is 2. The number of nitrogens with one attached hydrogen (secondary N) is 2. The Hall–Kier alpha value is -2.15. The van der Waals surface area contributed by atoms with Crippen LogP contribution < -0.4 is 10.6 Å². The molecule has 3 amide bonds. The molecule has 1 aromatic carbocycles. The average molecular weight is 360 g/mol. The van der Waals surface area contributed by atoms with E-state index in [2.05, 4.69) is 21.7 Å². The van der Waals surface area contributed by atoms with Crippen molar-refractivity contribution in [3.63, 3.8) is 0 Å². The van der Waals surface area contributed by atoms with E-state index in [1.807, 2.05) is 18.2 Å². The highest BCUT2D eigenvalue weighted by Crippen LogP contribution is 2.22. The van der Waals surface area contributed by atoms with Crippen LogP contribution in [0.2, 0.25) is 0 Å². The van der Waals surface area contributed by atoms with Gasteiger partial charge < -0.3 is 15.5 Å². The molecule has 0 radical (unpaired) electrons. The van der Waals surface area contributed by atoms with E-state index < -0.39 is 0 Å². The third kappa shape index (κ3) is 4.92. The van der Waals surface area contributed by atoms with Crippen molar-refractivity contribution < 1.29 is 9.59 Å². The monoisotopic (exact) mass is 360 g/mol. The quantitative estimate of drug-likeness (QED) is 0.805. The molecule has 2 aromatic rings. The molecule has 0 saturated carbocycles. The van der Waals surface area contributed by atoms with Gasteiger partial charge in [0.1, 0.15) is 0 Å². The van der Waals surface area contributed by atoms with Crippen molar-refractivity contribution >= 4 is 33.5 Å². The van der Waals surface area contributed by atoms with Crippen LogP contribution in [0, 0.1) is 0 Å². The number of para-hydroxylation sites is 1. The summed E-state index contributed by atoms with van der Waals surface area (Å²) in [5, 5.41) is 6.99. The second kappa shape index (κ2) is 8.29. The lowest BCUT2D eigenvalue weighted by atomic mass is 10.1.